The van der Waals surface area contributed by atoms with Crippen molar-refractivity contribution in [3.05, 3.63) is 48.6 Å². The fourth-order valence-electron chi connectivity index (χ4n) is 9.02. The molecule has 0 spiro atoms. The maximum Gasteiger partial charge on any atom is 0.306 e. The number of hydrogen-bond acceptors (Lipinski definition) is 5. The van der Waals surface area contributed by atoms with Crippen LogP contribution in [0.5, 0.6) is 0 Å². The van der Waals surface area contributed by atoms with Gasteiger partial charge in [0.1, 0.15) is 6.10 Å². The highest BCUT2D eigenvalue weighted by Crippen LogP contribution is 2.18. The number of aliphatic hydroxyl groups excluding tert-OH is 2. The third-order valence-corrected chi connectivity index (χ3v) is 13.5. The second-order valence-corrected chi connectivity index (χ2v) is 20.1. The molecule has 3 atom stereocenters. The van der Waals surface area contributed by atoms with Crippen LogP contribution >= 0.6 is 0 Å². The number of nitrogens with one attached hydrogen (secondary N) is 1. The molecular weight excluding hydrogens is 827 g/mol. The summed E-state index contributed by atoms with van der Waals surface area (Å²) in [5, 5.41) is 23.9. The molecule has 0 fully saturated rings. The molecule has 0 saturated carbocycles. The van der Waals surface area contributed by atoms with Gasteiger partial charge in [0, 0.05) is 6.42 Å². The van der Waals surface area contributed by atoms with Crippen LogP contribution in [0.3, 0.4) is 0 Å². The minimum Gasteiger partial charge on any atom is -0.462 e. The Bertz CT molecular complexity index is 1150. The van der Waals surface area contributed by atoms with Crippen molar-refractivity contribution in [1.29, 1.82) is 0 Å². The van der Waals surface area contributed by atoms with Gasteiger partial charge in [0.25, 0.3) is 0 Å². The van der Waals surface area contributed by atoms with Gasteiger partial charge in [0.15, 0.2) is 0 Å². The Morgan fingerprint density at radius 1 is 0.448 bits per heavy atom. The van der Waals surface area contributed by atoms with E-state index in [0.717, 1.165) is 77.0 Å². The first-order valence-electron chi connectivity index (χ1n) is 29.4. The number of ether oxygens (including phenoxy) is 1. The molecule has 6 nitrogen and oxygen atoms in total. The van der Waals surface area contributed by atoms with Gasteiger partial charge in [-0.05, 0) is 70.6 Å². The fourth-order valence-corrected chi connectivity index (χ4v) is 9.02. The van der Waals surface area contributed by atoms with Gasteiger partial charge in [0.2, 0.25) is 5.91 Å². The largest absolute Gasteiger partial charge is 0.462 e. The topological polar surface area (TPSA) is 95.9 Å². The maximum absolute atomic E-state index is 13.3. The van der Waals surface area contributed by atoms with Crippen molar-refractivity contribution in [3.63, 3.8) is 0 Å². The first-order chi connectivity index (χ1) is 33.0. The molecule has 0 bridgehead atoms. The van der Waals surface area contributed by atoms with E-state index in [1.165, 1.54) is 180 Å². The predicted octanol–water partition coefficient (Wildman–Crippen LogP) is 18.2. The minimum atomic E-state index is -0.795. The summed E-state index contributed by atoms with van der Waals surface area (Å²) in [5.41, 5.74) is 0. The van der Waals surface area contributed by atoms with E-state index in [9.17, 15) is 19.8 Å². The van der Waals surface area contributed by atoms with Crippen molar-refractivity contribution in [2.24, 2.45) is 0 Å². The van der Waals surface area contributed by atoms with Crippen LogP contribution < -0.4 is 5.32 Å². The van der Waals surface area contributed by atoms with Gasteiger partial charge in [-0.3, -0.25) is 9.59 Å². The van der Waals surface area contributed by atoms with Crippen LogP contribution in [-0.4, -0.2) is 46.9 Å². The molecule has 0 aliphatic carbocycles. The van der Waals surface area contributed by atoms with Gasteiger partial charge in [-0.2, -0.15) is 0 Å². The van der Waals surface area contributed by atoms with Crippen LogP contribution in [0.1, 0.15) is 303 Å². The molecule has 67 heavy (non-hydrogen) atoms. The van der Waals surface area contributed by atoms with E-state index in [1.807, 2.05) is 0 Å². The predicted molar refractivity (Wildman–Crippen MR) is 292 cm³/mol. The molecule has 0 radical (unpaired) electrons. The molecule has 0 aromatic carbocycles. The third kappa shape index (κ3) is 50.0. The fraction of sp³-hybridized carbons (Fsp3) is 0.836. The molecular formula is C61H113NO5. The van der Waals surface area contributed by atoms with Gasteiger partial charge < -0.3 is 20.3 Å². The smallest absolute Gasteiger partial charge is 0.306 e. The lowest BCUT2D eigenvalue weighted by Crippen LogP contribution is -2.46. The van der Waals surface area contributed by atoms with Gasteiger partial charge in [-0.1, -0.05) is 268 Å². The molecule has 0 rings (SSSR count). The molecule has 6 heteroatoms. The molecule has 392 valence electrons. The Hall–Kier alpha value is -2.18. The monoisotopic (exact) mass is 940 g/mol. The lowest BCUT2D eigenvalue weighted by molar-refractivity contribution is -0.151. The Labute approximate surface area is 416 Å². The van der Waals surface area contributed by atoms with Crippen molar-refractivity contribution in [1.82, 2.24) is 5.32 Å². The molecule has 0 saturated heterocycles. The summed E-state index contributed by atoms with van der Waals surface area (Å²) in [7, 11) is 0. The SMILES string of the molecule is CC/C=C/C=C/C=C/CCCCCCCCCC(=O)OC(CCCCC/C=C/CCCCCCCCCCC)CC(=O)NC(CO)C(O)CCCCCCCCCCCCCCCCCCC. The highest BCUT2D eigenvalue weighted by Gasteiger charge is 2.24. The number of unbranched alkanes of at least 4 members (excludes halogenated alkanes) is 35. The summed E-state index contributed by atoms with van der Waals surface area (Å²) >= 11 is 0. The molecule has 0 aliphatic rings. The zero-order valence-electron chi connectivity index (χ0n) is 44.8. The molecule has 3 unspecified atom stereocenters. The number of carbonyl (C=O) groups excluding carboxylic acids is 2. The van der Waals surface area contributed by atoms with E-state index in [1.54, 1.807) is 0 Å². The van der Waals surface area contributed by atoms with Crippen molar-refractivity contribution >= 4 is 11.9 Å². The van der Waals surface area contributed by atoms with Crippen molar-refractivity contribution in [3.8, 4) is 0 Å². The third-order valence-electron chi connectivity index (χ3n) is 13.5. The summed E-state index contributed by atoms with van der Waals surface area (Å²) in [5.74, 6) is -0.491. The Kier molecular flexibility index (Phi) is 53.0. The maximum atomic E-state index is 13.3. The second kappa shape index (κ2) is 54.8. The average Bonchev–Trinajstić information content (AvgIpc) is 3.32. The number of carbonyl (C=O) groups is 2. The molecule has 0 aromatic rings. The van der Waals surface area contributed by atoms with Crippen LogP contribution in [0.15, 0.2) is 48.6 Å². The number of hydrogen-bond donors (Lipinski definition) is 3. The van der Waals surface area contributed by atoms with Crippen LogP contribution in [0.25, 0.3) is 0 Å². The van der Waals surface area contributed by atoms with Gasteiger partial charge in [-0.25, -0.2) is 0 Å². The molecule has 1 amide bonds. The Balaban J connectivity index is 4.55. The first-order valence-corrected chi connectivity index (χ1v) is 29.4. The van der Waals surface area contributed by atoms with E-state index < -0.39 is 18.2 Å². The van der Waals surface area contributed by atoms with Crippen molar-refractivity contribution in [2.75, 3.05) is 6.61 Å². The summed E-state index contributed by atoms with van der Waals surface area (Å²) in [6, 6.07) is -0.709. The highest BCUT2D eigenvalue weighted by molar-refractivity contribution is 5.77. The zero-order valence-corrected chi connectivity index (χ0v) is 44.8. The molecule has 3 N–H and O–H groups in total. The number of amides is 1. The summed E-state index contributed by atoms with van der Waals surface area (Å²) in [6.07, 6.45) is 67.5. The summed E-state index contributed by atoms with van der Waals surface area (Å²) in [6.45, 7) is 6.38. The second-order valence-electron chi connectivity index (χ2n) is 20.1. The van der Waals surface area contributed by atoms with Crippen LogP contribution in [0.4, 0.5) is 0 Å². The number of esters is 1. The summed E-state index contributed by atoms with van der Waals surface area (Å²) < 4.78 is 5.95. The van der Waals surface area contributed by atoms with Crippen molar-refractivity contribution < 1.29 is 24.5 Å². The Morgan fingerprint density at radius 3 is 1.27 bits per heavy atom. The van der Waals surface area contributed by atoms with E-state index in [2.05, 4.69) is 74.7 Å². The number of aliphatic hydroxyl groups is 2. The first kappa shape index (κ1) is 64.8. The normalized spacial score (nSPS) is 13.4. The standard InChI is InChI=1S/C61H113NO5/c1-4-7-10-13-16-19-22-25-28-30-33-35-38-41-44-47-50-53-59(64)58(56-63)62-60(65)55-57(52-49-46-43-40-37-34-32-29-26-23-20-17-14-11-8-5-2)67-61(66)54-51-48-45-42-39-36-31-27-24-21-18-15-12-9-6-3/h9,12,15,18,21,24,34,37,57-59,63-64H,4-8,10-11,13-14,16-17,19-20,22-23,25-33,35-36,38-56H2,1-3H3,(H,62,65)/b12-9+,18-15+,24-21+,37-34+. The van der Waals surface area contributed by atoms with Gasteiger partial charge in [0.05, 0.1) is 25.2 Å². The quantitative estimate of drug-likeness (QED) is 0.0244. The highest BCUT2D eigenvalue weighted by atomic mass is 16.5. The molecule has 0 aromatic heterocycles. The van der Waals surface area contributed by atoms with Gasteiger partial charge >= 0.3 is 5.97 Å². The van der Waals surface area contributed by atoms with E-state index >= 15 is 0 Å². The molecule has 0 aliphatic heterocycles. The minimum absolute atomic E-state index is 0.0636. The van der Waals surface area contributed by atoms with Crippen LogP contribution in [0.2, 0.25) is 0 Å². The molecule has 0 heterocycles. The van der Waals surface area contributed by atoms with E-state index in [0.29, 0.717) is 19.3 Å². The van der Waals surface area contributed by atoms with E-state index in [-0.39, 0.29) is 24.9 Å². The number of rotatable bonds is 53. The summed E-state index contributed by atoms with van der Waals surface area (Å²) in [4.78, 5) is 26.3. The van der Waals surface area contributed by atoms with Crippen LogP contribution in [0, 0.1) is 0 Å². The van der Waals surface area contributed by atoms with Crippen molar-refractivity contribution in [2.45, 2.75) is 322 Å². The van der Waals surface area contributed by atoms with Crippen LogP contribution in [-0.2, 0) is 14.3 Å². The number of allylic oxidation sites excluding steroid dienone is 8. The zero-order chi connectivity index (χ0) is 48.8. The Morgan fingerprint density at radius 2 is 0.821 bits per heavy atom. The van der Waals surface area contributed by atoms with E-state index in [4.69, 9.17) is 4.74 Å². The average molecular weight is 941 g/mol. The van der Waals surface area contributed by atoms with Gasteiger partial charge in [-0.15, -0.1) is 0 Å². The lowest BCUT2D eigenvalue weighted by Gasteiger charge is -2.24. The lowest BCUT2D eigenvalue weighted by atomic mass is 10.0.